The molecule has 2 aromatic rings. The van der Waals surface area contributed by atoms with Crippen LogP contribution in [0.3, 0.4) is 0 Å². The number of nitriles is 1. The Morgan fingerprint density at radius 2 is 1.95 bits per heavy atom. The Morgan fingerprint density at radius 3 is 2.62 bits per heavy atom. The molecule has 1 fully saturated rings. The standard InChI is InChI=1S/C16H17N5/c1-12-15(13-2-4-18-5-3-13)10-14(11-17)16(20-12)21-8-6-19-7-9-21/h2-5,10,19H,6-9H2,1H3. The van der Waals surface area contributed by atoms with Gasteiger partial charge >= 0.3 is 0 Å². The van der Waals surface area contributed by atoms with Crippen molar-refractivity contribution in [2.75, 3.05) is 31.1 Å². The van der Waals surface area contributed by atoms with E-state index in [1.165, 1.54) is 0 Å². The lowest BCUT2D eigenvalue weighted by molar-refractivity contribution is 0.584. The highest BCUT2D eigenvalue weighted by atomic mass is 15.2. The van der Waals surface area contributed by atoms with Crippen LogP contribution < -0.4 is 10.2 Å². The van der Waals surface area contributed by atoms with Crippen LogP contribution in [0.4, 0.5) is 5.82 Å². The summed E-state index contributed by atoms with van der Waals surface area (Å²) in [5.74, 6) is 0.800. The second kappa shape index (κ2) is 5.90. The maximum Gasteiger partial charge on any atom is 0.146 e. The van der Waals surface area contributed by atoms with Gasteiger partial charge in [-0.15, -0.1) is 0 Å². The van der Waals surface area contributed by atoms with E-state index >= 15 is 0 Å². The molecule has 21 heavy (non-hydrogen) atoms. The van der Waals surface area contributed by atoms with E-state index in [4.69, 9.17) is 4.98 Å². The van der Waals surface area contributed by atoms with Gasteiger partial charge in [-0.1, -0.05) is 0 Å². The van der Waals surface area contributed by atoms with Gasteiger partial charge in [-0.2, -0.15) is 5.26 Å². The van der Waals surface area contributed by atoms with Crippen LogP contribution in [0.2, 0.25) is 0 Å². The van der Waals surface area contributed by atoms with Crippen LogP contribution in [0.5, 0.6) is 0 Å². The first kappa shape index (κ1) is 13.5. The number of piperazine rings is 1. The molecule has 2 aromatic heterocycles. The van der Waals surface area contributed by atoms with Gasteiger partial charge in [0.25, 0.3) is 0 Å². The Balaban J connectivity index is 2.05. The van der Waals surface area contributed by atoms with Crippen molar-refractivity contribution in [3.8, 4) is 17.2 Å². The number of aryl methyl sites for hydroxylation is 1. The summed E-state index contributed by atoms with van der Waals surface area (Å²) in [5, 5.41) is 12.8. The van der Waals surface area contributed by atoms with Crippen molar-refractivity contribution in [1.82, 2.24) is 15.3 Å². The number of nitrogens with zero attached hydrogens (tertiary/aromatic N) is 4. The number of anilines is 1. The second-order valence-corrected chi connectivity index (χ2v) is 5.08. The van der Waals surface area contributed by atoms with E-state index in [-0.39, 0.29) is 0 Å². The Hall–Kier alpha value is -2.45. The molecule has 1 N–H and O–H groups in total. The largest absolute Gasteiger partial charge is 0.353 e. The molecule has 0 spiro atoms. The highest BCUT2D eigenvalue weighted by molar-refractivity contribution is 5.71. The molecule has 5 heteroatoms. The van der Waals surface area contributed by atoms with Gasteiger partial charge in [0.05, 0.1) is 5.56 Å². The van der Waals surface area contributed by atoms with Crippen LogP contribution in [0.1, 0.15) is 11.3 Å². The predicted molar refractivity (Wildman–Crippen MR) is 82.0 cm³/mol. The fourth-order valence-corrected chi connectivity index (χ4v) is 2.62. The molecule has 0 saturated carbocycles. The summed E-state index contributed by atoms with van der Waals surface area (Å²) in [6.45, 7) is 5.61. The molecule has 1 aliphatic heterocycles. The number of pyridine rings is 2. The van der Waals surface area contributed by atoms with E-state index in [0.29, 0.717) is 5.56 Å². The van der Waals surface area contributed by atoms with Gasteiger partial charge in [0.15, 0.2) is 0 Å². The molecule has 3 heterocycles. The zero-order chi connectivity index (χ0) is 14.7. The molecule has 0 amide bonds. The van der Waals surface area contributed by atoms with Crippen LogP contribution >= 0.6 is 0 Å². The van der Waals surface area contributed by atoms with Crippen molar-refractivity contribution in [3.63, 3.8) is 0 Å². The van der Waals surface area contributed by atoms with Crippen molar-refractivity contribution in [1.29, 1.82) is 5.26 Å². The molecule has 5 nitrogen and oxygen atoms in total. The molecule has 0 atom stereocenters. The third-order valence-corrected chi connectivity index (χ3v) is 3.72. The van der Waals surface area contributed by atoms with Crippen LogP contribution in [-0.4, -0.2) is 36.1 Å². The van der Waals surface area contributed by atoms with Crippen LogP contribution in [0, 0.1) is 18.3 Å². The second-order valence-electron chi connectivity index (χ2n) is 5.08. The molecule has 1 saturated heterocycles. The number of nitrogens with one attached hydrogen (secondary N) is 1. The monoisotopic (exact) mass is 279 g/mol. The third-order valence-electron chi connectivity index (χ3n) is 3.72. The van der Waals surface area contributed by atoms with Gasteiger partial charge in [0.2, 0.25) is 0 Å². The summed E-state index contributed by atoms with van der Waals surface area (Å²) in [7, 11) is 0. The molecule has 0 radical (unpaired) electrons. The quantitative estimate of drug-likeness (QED) is 0.907. The Kier molecular flexibility index (Phi) is 3.80. The molecule has 0 bridgehead atoms. The molecule has 0 aromatic carbocycles. The molecule has 106 valence electrons. The van der Waals surface area contributed by atoms with Gasteiger partial charge in [-0.05, 0) is 30.7 Å². The smallest absolute Gasteiger partial charge is 0.146 e. The zero-order valence-electron chi connectivity index (χ0n) is 12.0. The SMILES string of the molecule is Cc1nc(N2CCNCC2)c(C#N)cc1-c1ccncc1. The number of rotatable bonds is 2. The van der Waals surface area contributed by atoms with Gasteiger partial charge < -0.3 is 10.2 Å². The van der Waals surface area contributed by atoms with Gasteiger partial charge in [0.1, 0.15) is 11.9 Å². The maximum atomic E-state index is 9.47. The molecule has 0 unspecified atom stereocenters. The maximum absolute atomic E-state index is 9.47. The Bertz CT molecular complexity index is 669. The molecule has 0 aliphatic carbocycles. The minimum Gasteiger partial charge on any atom is -0.353 e. The lowest BCUT2D eigenvalue weighted by atomic mass is 10.0. The van der Waals surface area contributed by atoms with E-state index in [2.05, 4.69) is 21.3 Å². The lowest BCUT2D eigenvalue weighted by Crippen LogP contribution is -2.44. The van der Waals surface area contributed by atoms with Gasteiger partial charge in [-0.25, -0.2) is 4.98 Å². The van der Waals surface area contributed by atoms with Crippen LogP contribution in [-0.2, 0) is 0 Å². The number of hydrogen-bond acceptors (Lipinski definition) is 5. The Morgan fingerprint density at radius 1 is 1.24 bits per heavy atom. The van der Waals surface area contributed by atoms with Crippen molar-refractivity contribution in [2.45, 2.75) is 6.92 Å². The first-order valence-corrected chi connectivity index (χ1v) is 7.07. The van der Waals surface area contributed by atoms with E-state index in [0.717, 1.165) is 48.8 Å². The van der Waals surface area contributed by atoms with Crippen molar-refractivity contribution >= 4 is 5.82 Å². The highest BCUT2D eigenvalue weighted by Crippen LogP contribution is 2.28. The zero-order valence-corrected chi connectivity index (χ0v) is 12.0. The number of hydrogen-bond donors (Lipinski definition) is 1. The van der Waals surface area contributed by atoms with E-state index in [9.17, 15) is 5.26 Å². The van der Waals surface area contributed by atoms with E-state index in [1.54, 1.807) is 12.4 Å². The molecule has 1 aliphatic rings. The lowest BCUT2D eigenvalue weighted by Gasteiger charge is -2.29. The van der Waals surface area contributed by atoms with Crippen LogP contribution in [0.25, 0.3) is 11.1 Å². The topological polar surface area (TPSA) is 64.8 Å². The van der Waals surface area contributed by atoms with Crippen molar-refractivity contribution in [3.05, 3.63) is 41.9 Å². The van der Waals surface area contributed by atoms with Gasteiger partial charge in [-0.3, -0.25) is 4.98 Å². The molecular formula is C16H17N5. The van der Waals surface area contributed by atoms with Crippen molar-refractivity contribution in [2.24, 2.45) is 0 Å². The molecular weight excluding hydrogens is 262 g/mol. The number of aromatic nitrogens is 2. The fourth-order valence-electron chi connectivity index (χ4n) is 2.62. The first-order valence-electron chi connectivity index (χ1n) is 7.07. The summed E-state index contributed by atoms with van der Waals surface area (Å²) < 4.78 is 0. The summed E-state index contributed by atoms with van der Waals surface area (Å²) in [4.78, 5) is 10.9. The summed E-state index contributed by atoms with van der Waals surface area (Å²) in [6, 6.07) is 8.11. The minimum absolute atomic E-state index is 0.634. The highest BCUT2D eigenvalue weighted by Gasteiger charge is 2.18. The predicted octanol–water partition coefficient (Wildman–Crippen LogP) is 1.73. The normalized spacial score (nSPS) is 14.8. The van der Waals surface area contributed by atoms with E-state index in [1.807, 2.05) is 25.1 Å². The summed E-state index contributed by atoms with van der Waals surface area (Å²) >= 11 is 0. The van der Waals surface area contributed by atoms with E-state index < -0.39 is 0 Å². The van der Waals surface area contributed by atoms with Crippen LogP contribution in [0.15, 0.2) is 30.6 Å². The summed E-state index contributed by atoms with van der Waals surface area (Å²) in [5.41, 5.74) is 3.61. The van der Waals surface area contributed by atoms with Crippen molar-refractivity contribution < 1.29 is 0 Å². The third kappa shape index (κ3) is 2.71. The minimum atomic E-state index is 0.634. The average molecular weight is 279 g/mol. The molecule has 3 rings (SSSR count). The first-order chi connectivity index (χ1) is 10.3. The Labute approximate surface area is 124 Å². The summed E-state index contributed by atoms with van der Waals surface area (Å²) in [6.07, 6.45) is 3.51. The average Bonchev–Trinajstić information content (AvgIpc) is 2.56. The fraction of sp³-hybridized carbons (Fsp3) is 0.312. The van der Waals surface area contributed by atoms with Gasteiger partial charge in [0, 0.05) is 49.8 Å².